The molecule has 1 unspecified atom stereocenters. The van der Waals surface area contributed by atoms with Gasteiger partial charge in [0.1, 0.15) is 28.6 Å². The number of nitriles is 1. The van der Waals surface area contributed by atoms with E-state index in [1.54, 1.807) is 35.8 Å². The molecule has 168 valence electrons. The predicted octanol–water partition coefficient (Wildman–Crippen LogP) is 2.68. The van der Waals surface area contributed by atoms with Gasteiger partial charge in [-0.25, -0.2) is 23.3 Å². The van der Waals surface area contributed by atoms with Gasteiger partial charge in [0.05, 0.1) is 11.8 Å². The Balaban J connectivity index is 1.61. The Morgan fingerprint density at radius 1 is 1.24 bits per heavy atom. The van der Waals surface area contributed by atoms with Crippen molar-refractivity contribution in [1.29, 1.82) is 5.26 Å². The molecule has 0 saturated heterocycles. The second-order valence-electron chi connectivity index (χ2n) is 7.13. The smallest absolute Gasteiger partial charge is 0.266 e. The van der Waals surface area contributed by atoms with Gasteiger partial charge in [-0.05, 0) is 35.7 Å². The van der Waals surface area contributed by atoms with Crippen LogP contribution in [0.25, 0.3) is 0 Å². The van der Waals surface area contributed by atoms with Gasteiger partial charge in [0, 0.05) is 18.7 Å². The molecule has 1 aliphatic rings. The number of fused-ring (bicyclic) bond motifs is 1. The minimum atomic E-state index is -4.17. The summed E-state index contributed by atoms with van der Waals surface area (Å²) in [6.45, 7) is 0.0280. The van der Waals surface area contributed by atoms with Crippen LogP contribution in [0.3, 0.4) is 0 Å². The molecule has 0 saturated carbocycles. The summed E-state index contributed by atoms with van der Waals surface area (Å²) in [5.74, 6) is -1.54. The van der Waals surface area contributed by atoms with Gasteiger partial charge in [-0.1, -0.05) is 24.3 Å². The van der Waals surface area contributed by atoms with Gasteiger partial charge in [0.2, 0.25) is 15.9 Å². The van der Waals surface area contributed by atoms with Crippen molar-refractivity contribution < 1.29 is 27.5 Å². The molecule has 3 aromatic rings. The second-order valence-corrected chi connectivity index (χ2v) is 9.02. The summed E-state index contributed by atoms with van der Waals surface area (Å²) >= 11 is 0. The molecule has 0 aliphatic carbocycles. The first-order valence-corrected chi connectivity index (χ1v) is 11.2. The molecule has 0 fully saturated rings. The van der Waals surface area contributed by atoms with Crippen LogP contribution in [0.2, 0.25) is 0 Å². The maximum atomic E-state index is 13.8. The zero-order chi connectivity index (χ0) is 23.6. The molecule has 33 heavy (non-hydrogen) atoms. The highest BCUT2D eigenvalue weighted by Gasteiger charge is 2.40. The van der Waals surface area contributed by atoms with E-state index >= 15 is 0 Å². The van der Waals surface area contributed by atoms with Crippen LogP contribution in [0.15, 0.2) is 65.7 Å². The van der Waals surface area contributed by atoms with Crippen LogP contribution in [-0.4, -0.2) is 35.4 Å². The molecule has 9 nitrogen and oxygen atoms in total. The summed E-state index contributed by atoms with van der Waals surface area (Å²) in [5, 5.41) is 18.0. The number of sulfonamides is 1. The summed E-state index contributed by atoms with van der Waals surface area (Å²) < 4.78 is 46.8. The van der Waals surface area contributed by atoms with Gasteiger partial charge in [-0.15, -0.1) is 0 Å². The number of nitrogens with zero attached hydrogens (tertiary/aromatic N) is 3. The molecule has 4 rings (SSSR count). The van der Waals surface area contributed by atoms with Crippen LogP contribution < -0.4 is 10.2 Å². The van der Waals surface area contributed by atoms with E-state index < -0.39 is 27.8 Å². The first-order chi connectivity index (χ1) is 15.8. The van der Waals surface area contributed by atoms with Gasteiger partial charge < -0.3 is 4.74 Å². The maximum absolute atomic E-state index is 13.8. The van der Waals surface area contributed by atoms with Crippen molar-refractivity contribution in [2.45, 2.75) is 17.4 Å². The van der Waals surface area contributed by atoms with Crippen LogP contribution in [0.4, 0.5) is 4.39 Å². The van der Waals surface area contributed by atoms with E-state index in [2.05, 4.69) is 4.98 Å². The van der Waals surface area contributed by atoms with E-state index in [-0.39, 0.29) is 28.6 Å². The molecule has 1 aliphatic heterocycles. The van der Waals surface area contributed by atoms with E-state index in [9.17, 15) is 22.8 Å². The molecule has 1 aromatic heterocycles. The molecule has 1 atom stereocenters. The van der Waals surface area contributed by atoms with Crippen molar-refractivity contribution in [3.05, 3.63) is 83.3 Å². The highest BCUT2D eigenvalue weighted by Crippen LogP contribution is 2.34. The number of amides is 1. The number of nitrogens with one attached hydrogen (secondary N) is 1. The van der Waals surface area contributed by atoms with Crippen LogP contribution >= 0.6 is 0 Å². The summed E-state index contributed by atoms with van der Waals surface area (Å²) in [6.07, 6.45) is 1.46. The zero-order valence-corrected chi connectivity index (χ0v) is 17.8. The van der Waals surface area contributed by atoms with E-state index in [0.717, 1.165) is 22.1 Å². The lowest BCUT2D eigenvalue weighted by Crippen LogP contribution is -2.46. The van der Waals surface area contributed by atoms with E-state index in [0.29, 0.717) is 12.0 Å². The predicted molar refractivity (Wildman–Crippen MR) is 112 cm³/mol. The highest BCUT2D eigenvalue weighted by atomic mass is 32.2. The lowest BCUT2D eigenvalue weighted by molar-refractivity contribution is -0.133. The number of pyridine rings is 1. The third kappa shape index (κ3) is 4.27. The molecule has 0 radical (unpaired) electrons. The molecular formula is C22H17FN4O5S. The van der Waals surface area contributed by atoms with Crippen LogP contribution in [-0.2, 0) is 21.2 Å². The summed E-state index contributed by atoms with van der Waals surface area (Å²) in [6, 6.07) is 13.6. The molecule has 11 heteroatoms. The molecular weight excluding hydrogens is 451 g/mol. The molecule has 1 amide bonds. The normalized spacial score (nSPS) is 15.8. The van der Waals surface area contributed by atoms with Crippen molar-refractivity contribution >= 4 is 15.9 Å². The van der Waals surface area contributed by atoms with Gasteiger partial charge in [0.25, 0.3) is 5.91 Å². The van der Waals surface area contributed by atoms with Gasteiger partial charge in [-0.2, -0.15) is 9.57 Å². The summed E-state index contributed by atoms with van der Waals surface area (Å²) in [7, 11) is -4.17. The van der Waals surface area contributed by atoms with Crippen LogP contribution in [0.1, 0.15) is 22.7 Å². The molecule has 0 spiro atoms. The lowest BCUT2D eigenvalue weighted by Gasteiger charge is -2.34. The minimum Gasteiger partial charge on any atom is -0.439 e. The number of ether oxygens (including phenoxy) is 1. The topological polar surface area (TPSA) is 133 Å². The standard InChI is InChI=1S/C22H17FN4O5S/c23-19-11-16(6-5-15(19)12-24)32-20-8-7-17(13-25-20)33(30,31)27-10-9-14-3-1-2-4-18(14)21(27)22(28)26-29/h1-8,11,13,21,29H,9-10H2,(H,26,28). The highest BCUT2D eigenvalue weighted by molar-refractivity contribution is 7.89. The van der Waals surface area contributed by atoms with Crippen molar-refractivity contribution in [1.82, 2.24) is 14.8 Å². The van der Waals surface area contributed by atoms with Crippen molar-refractivity contribution in [3.63, 3.8) is 0 Å². The maximum Gasteiger partial charge on any atom is 0.266 e. The monoisotopic (exact) mass is 468 g/mol. The van der Waals surface area contributed by atoms with Crippen LogP contribution in [0, 0.1) is 17.1 Å². The third-order valence-electron chi connectivity index (χ3n) is 5.20. The number of hydrogen-bond acceptors (Lipinski definition) is 7. The fourth-order valence-corrected chi connectivity index (χ4v) is 5.14. The minimum absolute atomic E-state index is 0.00620. The fraction of sp³-hybridized carbons (Fsp3) is 0.136. The first kappa shape index (κ1) is 22.3. The van der Waals surface area contributed by atoms with Gasteiger partial charge in [0.15, 0.2) is 0 Å². The number of rotatable bonds is 5. The number of benzene rings is 2. The quantitative estimate of drug-likeness (QED) is 0.434. The lowest BCUT2D eigenvalue weighted by atomic mass is 9.94. The Morgan fingerprint density at radius 3 is 2.70 bits per heavy atom. The SMILES string of the molecule is N#Cc1ccc(Oc2ccc(S(=O)(=O)N3CCc4ccccc4C3C(=O)NO)cn2)cc1F. The fourth-order valence-electron chi connectivity index (χ4n) is 3.62. The van der Waals surface area contributed by atoms with Crippen LogP contribution in [0.5, 0.6) is 11.6 Å². The number of carbonyl (C=O) groups excluding carboxylic acids is 1. The Labute approximate surface area is 188 Å². The number of halogens is 1. The Morgan fingerprint density at radius 2 is 2.03 bits per heavy atom. The summed E-state index contributed by atoms with van der Waals surface area (Å²) in [4.78, 5) is 16.2. The van der Waals surface area contributed by atoms with Crippen molar-refractivity contribution in [2.75, 3.05) is 6.54 Å². The Hall–Kier alpha value is -3.85. The number of hydrogen-bond donors (Lipinski definition) is 2. The Kier molecular flexibility index (Phi) is 6.06. The molecule has 0 bridgehead atoms. The average molecular weight is 468 g/mol. The second kappa shape index (κ2) is 8.95. The molecule has 2 N–H and O–H groups in total. The van der Waals surface area contributed by atoms with Gasteiger partial charge >= 0.3 is 0 Å². The first-order valence-electron chi connectivity index (χ1n) is 9.72. The van der Waals surface area contributed by atoms with E-state index in [1.165, 1.54) is 24.3 Å². The van der Waals surface area contributed by atoms with E-state index in [4.69, 9.17) is 10.00 Å². The number of hydroxylamine groups is 1. The average Bonchev–Trinajstić information content (AvgIpc) is 2.83. The number of aromatic nitrogens is 1. The van der Waals surface area contributed by atoms with Crippen molar-refractivity contribution in [3.8, 4) is 17.7 Å². The largest absolute Gasteiger partial charge is 0.439 e. The summed E-state index contributed by atoms with van der Waals surface area (Å²) in [5.41, 5.74) is 2.70. The Bertz CT molecular complexity index is 1360. The van der Waals surface area contributed by atoms with Gasteiger partial charge in [-0.3, -0.25) is 10.0 Å². The van der Waals surface area contributed by atoms with E-state index in [1.807, 2.05) is 0 Å². The molecule has 2 aromatic carbocycles. The third-order valence-corrected chi connectivity index (χ3v) is 7.05. The zero-order valence-electron chi connectivity index (χ0n) is 17.0. The molecule has 2 heterocycles. The number of carbonyl (C=O) groups is 1. The van der Waals surface area contributed by atoms with Crippen molar-refractivity contribution in [2.24, 2.45) is 0 Å².